The van der Waals surface area contributed by atoms with Crippen LogP contribution in [0.2, 0.25) is 0 Å². The molecule has 0 aliphatic rings. The van der Waals surface area contributed by atoms with Crippen LogP contribution in [0.3, 0.4) is 0 Å². The fourth-order valence-electron chi connectivity index (χ4n) is 2.32. The molecule has 0 bridgehead atoms. The zero-order chi connectivity index (χ0) is 15.7. The van der Waals surface area contributed by atoms with Gasteiger partial charge in [-0.15, -0.1) is 0 Å². The van der Waals surface area contributed by atoms with E-state index in [0.717, 1.165) is 40.8 Å². The van der Waals surface area contributed by atoms with E-state index in [4.69, 9.17) is 4.74 Å². The van der Waals surface area contributed by atoms with Crippen molar-refractivity contribution in [2.45, 2.75) is 47.2 Å². The number of hydrogen-bond donors (Lipinski definition) is 1. The Morgan fingerprint density at radius 2 is 1.67 bits per heavy atom. The number of nitrogens with zero attached hydrogens (tertiary/aromatic N) is 4. The summed E-state index contributed by atoms with van der Waals surface area (Å²) in [6.07, 6.45) is 0. The van der Waals surface area contributed by atoms with Crippen molar-refractivity contribution in [3.8, 4) is 11.6 Å². The van der Waals surface area contributed by atoms with Gasteiger partial charge in [-0.2, -0.15) is 10.2 Å². The van der Waals surface area contributed by atoms with Crippen LogP contribution in [0.1, 0.15) is 36.5 Å². The average molecular weight is 291 g/mol. The van der Waals surface area contributed by atoms with Crippen LogP contribution < -0.4 is 10.1 Å². The summed E-state index contributed by atoms with van der Waals surface area (Å²) in [6, 6.07) is 0.416. The monoisotopic (exact) mass is 291 g/mol. The van der Waals surface area contributed by atoms with Crippen LogP contribution in [0, 0.1) is 20.8 Å². The number of rotatable bonds is 5. The van der Waals surface area contributed by atoms with Crippen LogP contribution in [-0.4, -0.2) is 25.6 Å². The molecule has 0 saturated heterocycles. The smallest absolute Gasteiger partial charge is 0.222 e. The van der Waals surface area contributed by atoms with Gasteiger partial charge in [0, 0.05) is 26.7 Å². The van der Waals surface area contributed by atoms with Crippen molar-refractivity contribution in [2.24, 2.45) is 14.1 Å². The predicted octanol–water partition coefficient (Wildman–Crippen LogP) is 2.37. The third-order valence-corrected chi connectivity index (χ3v) is 3.62. The standard InChI is InChI=1S/C15H25N5O/c1-9(2)16-8-13-10(3)17-20(7)15(13)21-14-11(4)18-19(6)12(14)5/h9,16H,8H2,1-7H3. The van der Waals surface area contributed by atoms with Gasteiger partial charge in [-0.3, -0.25) is 4.68 Å². The first kappa shape index (κ1) is 15.6. The van der Waals surface area contributed by atoms with E-state index in [9.17, 15) is 0 Å². The third kappa shape index (κ3) is 3.10. The van der Waals surface area contributed by atoms with Gasteiger partial charge >= 0.3 is 0 Å². The Kier molecular flexibility index (Phi) is 4.37. The van der Waals surface area contributed by atoms with E-state index in [1.54, 1.807) is 4.68 Å². The van der Waals surface area contributed by atoms with Crippen LogP contribution in [0.15, 0.2) is 0 Å². The topological polar surface area (TPSA) is 56.9 Å². The number of hydrogen-bond acceptors (Lipinski definition) is 4. The molecule has 0 saturated carbocycles. The van der Waals surface area contributed by atoms with Crippen LogP contribution in [0.25, 0.3) is 0 Å². The van der Waals surface area contributed by atoms with E-state index in [2.05, 4.69) is 29.4 Å². The van der Waals surface area contributed by atoms with Gasteiger partial charge < -0.3 is 10.1 Å². The summed E-state index contributed by atoms with van der Waals surface area (Å²) >= 11 is 0. The predicted molar refractivity (Wildman–Crippen MR) is 82.7 cm³/mol. The number of ether oxygens (including phenoxy) is 1. The molecule has 0 aliphatic heterocycles. The molecule has 2 aromatic rings. The van der Waals surface area contributed by atoms with Crippen LogP contribution >= 0.6 is 0 Å². The van der Waals surface area contributed by atoms with Gasteiger partial charge in [-0.05, 0) is 20.8 Å². The van der Waals surface area contributed by atoms with Crippen molar-refractivity contribution in [2.75, 3.05) is 0 Å². The molecule has 2 rings (SSSR count). The second-order valence-corrected chi connectivity index (χ2v) is 5.75. The van der Waals surface area contributed by atoms with Crippen molar-refractivity contribution in [1.82, 2.24) is 24.9 Å². The van der Waals surface area contributed by atoms with E-state index < -0.39 is 0 Å². The van der Waals surface area contributed by atoms with Crippen LogP contribution in [0.5, 0.6) is 11.6 Å². The highest BCUT2D eigenvalue weighted by molar-refractivity contribution is 5.39. The van der Waals surface area contributed by atoms with Crippen LogP contribution in [-0.2, 0) is 20.6 Å². The van der Waals surface area contributed by atoms with Crippen LogP contribution in [0.4, 0.5) is 0 Å². The average Bonchev–Trinajstić information content (AvgIpc) is 2.78. The lowest BCUT2D eigenvalue weighted by Crippen LogP contribution is -2.22. The van der Waals surface area contributed by atoms with Crippen molar-refractivity contribution in [3.63, 3.8) is 0 Å². The molecule has 0 unspecified atom stereocenters. The third-order valence-electron chi connectivity index (χ3n) is 3.62. The Hall–Kier alpha value is -1.82. The molecule has 2 aromatic heterocycles. The summed E-state index contributed by atoms with van der Waals surface area (Å²) in [5.74, 6) is 1.59. The molecule has 0 aromatic carbocycles. The number of aryl methyl sites for hydroxylation is 4. The van der Waals surface area contributed by atoms with E-state index in [1.807, 2.05) is 39.5 Å². The Balaban J connectivity index is 2.35. The second kappa shape index (κ2) is 5.89. The summed E-state index contributed by atoms with van der Waals surface area (Å²) in [6.45, 7) is 11.0. The van der Waals surface area contributed by atoms with Gasteiger partial charge in [0.1, 0.15) is 5.69 Å². The molecule has 1 N–H and O–H groups in total. The summed E-state index contributed by atoms with van der Waals surface area (Å²) in [4.78, 5) is 0. The molecule has 0 fully saturated rings. The fourth-order valence-corrected chi connectivity index (χ4v) is 2.32. The fraction of sp³-hybridized carbons (Fsp3) is 0.600. The molecule has 0 atom stereocenters. The highest BCUT2D eigenvalue weighted by atomic mass is 16.5. The SMILES string of the molecule is Cc1nn(C)c(Oc2c(C)nn(C)c2C)c1CNC(C)C. The molecule has 21 heavy (non-hydrogen) atoms. The summed E-state index contributed by atoms with van der Waals surface area (Å²) in [5.41, 5.74) is 3.97. The van der Waals surface area contributed by atoms with Gasteiger partial charge in [-0.25, -0.2) is 4.68 Å². The number of nitrogens with one attached hydrogen (secondary N) is 1. The molecule has 0 radical (unpaired) electrons. The second-order valence-electron chi connectivity index (χ2n) is 5.75. The maximum absolute atomic E-state index is 6.15. The molecular formula is C15H25N5O. The quantitative estimate of drug-likeness (QED) is 0.919. The van der Waals surface area contributed by atoms with Crippen molar-refractivity contribution in [1.29, 1.82) is 0 Å². The Bertz CT molecular complexity index is 639. The van der Waals surface area contributed by atoms with Gasteiger partial charge in [-0.1, -0.05) is 13.8 Å². The Morgan fingerprint density at radius 1 is 1.05 bits per heavy atom. The lowest BCUT2D eigenvalue weighted by atomic mass is 10.2. The minimum atomic E-state index is 0.416. The Morgan fingerprint density at radius 3 is 2.19 bits per heavy atom. The van der Waals surface area contributed by atoms with E-state index in [-0.39, 0.29) is 0 Å². The first-order valence-corrected chi connectivity index (χ1v) is 7.25. The first-order valence-electron chi connectivity index (χ1n) is 7.25. The number of aromatic nitrogens is 4. The highest BCUT2D eigenvalue weighted by Crippen LogP contribution is 2.31. The lowest BCUT2D eigenvalue weighted by Gasteiger charge is -2.11. The van der Waals surface area contributed by atoms with E-state index in [1.165, 1.54) is 0 Å². The molecule has 0 amide bonds. The van der Waals surface area contributed by atoms with Gasteiger partial charge in [0.25, 0.3) is 0 Å². The van der Waals surface area contributed by atoms with Gasteiger partial charge in [0.05, 0.1) is 17.0 Å². The minimum absolute atomic E-state index is 0.416. The maximum Gasteiger partial charge on any atom is 0.222 e. The van der Waals surface area contributed by atoms with E-state index >= 15 is 0 Å². The highest BCUT2D eigenvalue weighted by Gasteiger charge is 2.19. The molecule has 6 nitrogen and oxygen atoms in total. The summed E-state index contributed by atoms with van der Waals surface area (Å²) in [7, 11) is 3.83. The molecular weight excluding hydrogens is 266 g/mol. The van der Waals surface area contributed by atoms with Crippen molar-refractivity contribution in [3.05, 3.63) is 22.6 Å². The molecule has 2 heterocycles. The zero-order valence-corrected chi connectivity index (χ0v) is 14.0. The van der Waals surface area contributed by atoms with Gasteiger partial charge in [0.2, 0.25) is 5.88 Å². The minimum Gasteiger partial charge on any atom is -0.435 e. The van der Waals surface area contributed by atoms with E-state index in [0.29, 0.717) is 6.04 Å². The molecule has 116 valence electrons. The Labute approximate surface area is 126 Å². The maximum atomic E-state index is 6.15. The summed E-state index contributed by atoms with van der Waals surface area (Å²) in [5, 5.41) is 12.3. The molecule has 6 heteroatoms. The largest absolute Gasteiger partial charge is 0.435 e. The van der Waals surface area contributed by atoms with Gasteiger partial charge in [0.15, 0.2) is 5.75 Å². The van der Waals surface area contributed by atoms with Crippen molar-refractivity contribution >= 4 is 0 Å². The normalized spacial score (nSPS) is 11.4. The zero-order valence-electron chi connectivity index (χ0n) is 14.0. The first-order chi connectivity index (χ1) is 9.81. The summed E-state index contributed by atoms with van der Waals surface area (Å²) < 4.78 is 9.78. The molecule has 0 spiro atoms. The molecule has 0 aliphatic carbocycles. The van der Waals surface area contributed by atoms with Crippen molar-refractivity contribution < 1.29 is 4.74 Å². The lowest BCUT2D eigenvalue weighted by molar-refractivity contribution is 0.416.